The molecule has 0 radical (unpaired) electrons. The zero-order chi connectivity index (χ0) is 13.9. The number of hydrogen-bond donors (Lipinski definition) is 2. The first kappa shape index (κ1) is 13.6. The van der Waals surface area contributed by atoms with Crippen molar-refractivity contribution in [2.75, 3.05) is 36.4 Å². The molecule has 2 unspecified atom stereocenters. The van der Waals surface area contributed by atoms with Crippen molar-refractivity contribution in [3.8, 4) is 0 Å². The Kier molecular flexibility index (Phi) is 4.05. The number of piperidine rings is 1. The third-order valence-electron chi connectivity index (χ3n) is 4.27. The molecule has 2 aliphatic rings. The molecule has 2 saturated heterocycles. The van der Waals surface area contributed by atoms with Crippen molar-refractivity contribution >= 4 is 11.6 Å². The molecule has 2 N–H and O–H groups in total. The Hall–Kier alpha value is -1.36. The van der Waals surface area contributed by atoms with Gasteiger partial charge in [-0.2, -0.15) is 0 Å². The van der Waals surface area contributed by atoms with Gasteiger partial charge >= 0.3 is 0 Å². The molecule has 0 bridgehead atoms. The highest BCUT2D eigenvalue weighted by molar-refractivity contribution is 5.49. The van der Waals surface area contributed by atoms with Gasteiger partial charge in [0.25, 0.3) is 0 Å². The third-order valence-corrected chi connectivity index (χ3v) is 4.27. The van der Waals surface area contributed by atoms with Gasteiger partial charge in [0.2, 0.25) is 0 Å². The van der Waals surface area contributed by atoms with E-state index in [1.807, 2.05) is 0 Å². The van der Waals surface area contributed by atoms with Crippen LogP contribution in [0.1, 0.15) is 26.7 Å². The number of aromatic nitrogens is 2. The van der Waals surface area contributed by atoms with Crippen molar-refractivity contribution in [1.82, 2.24) is 15.3 Å². The molecule has 0 saturated carbocycles. The van der Waals surface area contributed by atoms with Crippen molar-refractivity contribution < 1.29 is 0 Å². The highest BCUT2D eigenvalue weighted by Gasteiger charge is 2.34. The maximum absolute atomic E-state index is 4.45. The zero-order valence-electron chi connectivity index (χ0n) is 12.5. The summed E-state index contributed by atoms with van der Waals surface area (Å²) in [7, 11) is 0. The minimum Gasteiger partial charge on any atom is -0.370 e. The van der Waals surface area contributed by atoms with Crippen LogP contribution < -0.4 is 15.5 Å². The second-order valence-corrected chi connectivity index (χ2v) is 6.40. The summed E-state index contributed by atoms with van der Waals surface area (Å²) in [6, 6.07) is 2.73. The average Bonchev–Trinajstić information content (AvgIpc) is 2.89. The predicted octanol–water partition coefficient (Wildman–Crippen LogP) is 1.73. The summed E-state index contributed by atoms with van der Waals surface area (Å²) < 4.78 is 0. The van der Waals surface area contributed by atoms with Crippen molar-refractivity contribution in [1.29, 1.82) is 0 Å². The first-order valence-electron chi connectivity index (χ1n) is 7.76. The molecule has 3 rings (SSSR count). The van der Waals surface area contributed by atoms with Gasteiger partial charge in [0.15, 0.2) is 0 Å². The number of nitrogens with one attached hydrogen (secondary N) is 2. The van der Waals surface area contributed by atoms with E-state index >= 15 is 0 Å². The van der Waals surface area contributed by atoms with Crippen LogP contribution in [0.5, 0.6) is 0 Å². The summed E-state index contributed by atoms with van der Waals surface area (Å²) >= 11 is 0. The maximum atomic E-state index is 4.45. The van der Waals surface area contributed by atoms with Gasteiger partial charge in [0.05, 0.1) is 0 Å². The Morgan fingerprint density at radius 2 is 2.30 bits per heavy atom. The molecule has 0 amide bonds. The molecule has 5 nitrogen and oxygen atoms in total. The van der Waals surface area contributed by atoms with Gasteiger partial charge in [-0.05, 0) is 31.2 Å². The van der Waals surface area contributed by atoms with Crippen LogP contribution >= 0.6 is 0 Å². The molecule has 110 valence electrons. The zero-order valence-corrected chi connectivity index (χ0v) is 12.5. The third kappa shape index (κ3) is 3.03. The smallest absolute Gasteiger partial charge is 0.134 e. The number of hydrogen-bond acceptors (Lipinski definition) is 5. The van der Waals surface area contributed by atoms with E-state index in [2.05, 4.69) is 45.4 Å². The lowest BCUT2D eigenvalue weighted by Crippen LogP contribution is -2.40. The summed E-state index contributed by atoms with van der Waals surface area (Å²) in [5.41, 5.74) is 0. The number of nitrogens with zero attached hydrogens (tertiary/aromatic N) is 3. The fourth-order valence-electron chi connectivity index (χ4n) is 3.16. The molecule has 2 fully saturated rings. The highest BCUT2D eigenvalue weighted by Crippen LogP contribution is 2.28. The second-order valence-electron chi connectivity index (χ2n) is 6.40. The molecule has 5 heteroatoms. The van der Waals surface area contributed by atoms with Crippen molar-refractivity contribution in [3.63, 3.8) is 0 Å². The van der Waals surface area contributed by atoms with E-state index in [1.165, 1.54) is 19.4 Å². The lowest BCUT2D eigenvalue weighted by atomic mass is 9.94. The molecule has 1 aromatic heterocycles. The van der Waals surface area contributed by atoms with Gasteiger partial charge in [-0.25, -0.2) is 9.97 Å². The van der Waals surface area contributed by atoms with Gasteiger partial charge in [0, 0.05) is 31.7 Å². The quantitative estimate of drug-likeness (QED) is 0.876. The van der Waals surface area contributed by atoms with Gasteiger partial charge in [0.1, 0.15) is 18.0 Å². The standard InChI is InChI=1S/C15H25N5/c1-11(2)7-17-14-6-15(19-10-18-14)20-8-12-4-3-5-16-13(12)9-20/h6,10-13,16H,3-5,7-9H2,1-2H3,(H,17,18,19). The summed E-state index contributed by atoms with van der Waals surface area (Å²) in [6.45, 7) is 8.71. The fourth-order valence-corrected chi connectivity index (χ4v) is 3.16. The van der Waals surface area contributed by atoms with Crippen LogP contribution in [0, 0.1) is 11.8 Å². The Morgan fingerprint density at radius 1 is 1.40 bits per heavy atom. The molecule has 2 atom stereocenters. The Morgan fingerprint density at radius 3 is 3.10 bits per heavy atom. The molecule has 3 heterocycles. The summed E-state index contributed by atoms with van der Waals surface area (Å²) in [6.07, 6.45) is 4.32. The molecule has 0 spiro atoms. The van der Waals surface area contributed by atoms with Gasteiger partial charge in [-0.3, -0.25) is 0 Å². The van der Waals surface area contributed by atoms with Crippen LogP contribution in [0.3, 0.4) is 0 Å². The van der Waals surface area contributed by atoms with E-state index in [-0.39, 0.29) is 0 Å². The van der Waals surface area contributed by atoms with Crippen LogP contribution in [-0.2, 0) is 0 Å². The van der Waals surface area contributed by atoms with Crippen molar-refractivity contribution in [2.45, 2.75) is 32.7 Å². The van der Waals surface area contributed by atoms with E-state index in [1.54, 1.807) is 6.33 Å². The first-order valence-corrected chi connectivity index (χ1v) is 7.76. The molecular formula is C15H25N5. The molecule has 0 aromatic carbocycles. The fraction of sp³-hybridized carbons (Fsp3) is 0.733. The van der Waals surface area contributed by atoms with Gasteiger partial charge in [-0.1, -0.05) is 13.8 Å². The Bertz CT molecular complexity index is 434. The molecule has 2 aliphatic heterocycles. The van der Waals surface area contributed by atoms with Gasteiger partial charge < -0.3 is 15.5 Å². The van der Waals surface area contributed by atoms with E-state index in [9.17, 15) is 0 Å². The van der Waals surface area contributed by atoms with Gasteiger partial charge in [-0.15, -0.1) is 0 Å². The van der Waals surface area contributed by atoms with E-state index < -0.39 is 0 Å². The topological polar surface area (TPSA) is 53.1 Å². The Labute approximate surface area is 121 Å². The predicted molar refractivity (Wildman–Crippen MR) is 82.1 cm³/mol. The van der Waals surface area contributed by atoms with E-state index in [0.29, 0.717) is 12.0 Å². The molecule has 0 aliphatic carbocycles. The van der Waals surface area contributed by atoms with Crippen molar-refractivity contribution in [2.24, 2.45) is 11.8 Å². The number of fused-ring (bicyclic) bond motifs is 1. The number of anilines is 2. The van der Waals surface area contributed by atoms with Crippen molar-refractivity contribution in [3.05, 3.63) is 12.4 Å². The summed E-state index contributed by atoms with van der Waals surface area (Å²) in [4.78, 5) is 11.2. The van der Waals surface area contributed by atoms with E-state index in [4.69, 9.17) is 0 Å². The molecular weight excluding hydrogens is 250 g/mol. The van der Waals surface area contributed by atoms with Crippen LogP contribution in [0.25, 0.3) is 0 Å². The normalized spacial score (nSPS) is 25.9. The summed E-state index contributed by atoms with van der Waals surface area (Å²) in [5.74, 6) is 3.40. The van der Waals surface area contributed by atoms with Crippen LogP contribution in [-0.4, -0.2) is 42.2 Å². The lowest BCUT2D eigenvalue weighted by molar-refractivity contribution is 0.340. The molecule has 20 heavy (non-hydrogen) atoms. The summed E-state index contributed by atoms with van der Waals surface area (Å²) in [5, 5.41) is 7.01. The lowest BCUT2D eigenvalue weighted by Gasteiger charge is -2.24. The minimum atomic E-state index is 0.618. The van der Waals surface area contributed by atoms with E-state index in [0.717, 1.165) is 37.2 Å². The largest absolute Gasteiger partial charge is 0.370 e. The second kappa shape index (κ2) is 5.95. The maximum Gasteiger partial charge on any atom is 0.134 e. The Balaban J connectivity index is 1.66. The SMILES string of the molecule is CC(C)CNc1cc(N2CC3CCCNC3C2)ncn1. The average molecular weight is 275 g/mol. The van der Waals surface area contributed by atoms with Crippen LogP contribution in [0.4, 0.5) is 11.6 Å². The monoisotopic (exact) mass is 275 g/mol. The molecule has 1 aromatic rings. The minimum absolute atomic E-state index is 0.618. The number of rotatable bonds is 4. The first-order chi connectivity index (χ1) is 9.72. The highest BCUT2D eigenvalue weighted by atomic mass is 15.3. The van der Waals surface area contributed by atoms with Crippen LogP contribution in [0.15, 0.2) is 12.4 Å². The van der Waals surface area contributed by atoms with Crippen LogP contribution in [0.2, 0.25) is 0 Å².